The van der Waals surface area contributed by atoms with Crippen LogP contribution in [0.5, 0.6) is 0 Å². The number of allylic oxidation sites excluding steroid dienone is 4. The average Bonchev–Trinajstić information content (AvgIpc) is 3.38. The summed E-state index contributed by atoms with van der Waals surface area (Å²) < 4.78 is 0. The molecule has 1 nitrogen and oxygen atoms in total. The predicted molar refractivity (Wildman–Crippen MR) is 153 cm³/mol. The zero-order chi connectivity index (χ0) is 23.2. The van der Waals surface area contributed by atoms with E-state index in [-0.39, 0.29) is 0 Å². The maximum absolute atomic E-state index is 2.42. The lowest BCUT2D eigenvalue weighted by atomic mass is 9.91. The molecule has 2 aliphatic rings. The first-order chi connectivity index (χ1) is 17.4. The Morgan fingerprint density at radius 1 is 0.600 bits per heavy atom. The number of rotatable bonds is 4. The molecule has 0 saturated carbocycles. The van der Waals surface area contributed by atoms with E-state index in [1.165, 1.54) is 60.7 Å². The molecule has 0 aromatic heterocycles. The number of para-hydroxylation sites is 1. The standard InChI is InChI=1S/C33H24NP/c1-2-9-23(10-3-1)27-14-8-18-32(27)35-26-21-19-25(20-22-26)34-30-16-5-4-13-28(30)29-15-6-11-24-12-7-17-31(34)33(24)29/h1-17,19-22,35H,18H2. The Balaban J connectivity index is 1.28. The first-order valence-corrected chi connectivity index (χ1v) is 13.1. The van der Waals surface area contributed by atoms with Crippen LogP contribution in [0.4, 0.5) is 17.1 Å². The number of hydrogen-bond donors (Lipinski definition) is 0. The number of nitrogens with zero attached hydrogens (tertiary/aromatic N) is 1. The monoisotopic (exact) mass is 465 g/mol. The molecule has 0 saturated heterocycles. The summed E-state index contributed by atoms with van der Waals surface area (Å²) in [4.78, 5) is 2.42. The molecule has 166 valence electrons. The van der Waals surface area contributed by atoms with Crippen molar-refractivity contribution in [2.75, 3.05) is 4.90 Å². The number of hydrogen-bond acceptors (Lipinski definition) is 1. The number of benzene rings is 5. The first-order valence-electron chi connectivity index (χ1n) is 12.1. The SMILES string of the molecule is C1=CC(c2ccccc2)=C(Pc2ccc(N3c4ccccc4-c4cccc5cccc3c45)cc2)C1. The van der Waals surface area contributed by atoms with E-state index in [9.17, 15) is 0 Å². The van der Waals surface area contributed by atoms with Gasteiger partial charge in [-0.3, -0.25) is 0 Å². The largest absolute Gasteiger partial charge is 0.309 e. The topological polar surface area (TPSA) is 3.24 Å². The molecule has 2 heteroatoms. The van der Waals surface area contributed by atoms with Crippen LogP contribution in [-0.4, -0.2) is 0 Å². The molecule has 0 amide bonds. The molecule has 35 heavy (non-hydrogen) atoms. The minimum Gasteiger partial charge on any atom is -0.309 e. The van der Waals surface area contributed by atoms with Crippen LogP contribution in [-0.2, 0) is 0 Å². The van der Waals surface area contributed by atoms with Crippen molar-refractivity contribution >= 4 is 47.3 Å². The Morgan fingerprint density at radius 3 is 2.17 bits per heavy atom. The van der Waals surface area contributed by atoms with Crippen LogP contribution in [0, 0.1) is 0 Å². The predicted octanol–water partition coefficient (Wildman–Crippen LogP) is 8.96. The quantitative estimate of drug-likeness (QED) is 0.235. The summed E-state index contributed by atoms with van der Waals surface area (Å²) in [7, 11) is 0.679. The molecule has 1 heterocycles. The van der Waals surface area contributed by atoms with Crippen LogP contribution in [0.3, 0.4) is 0 Å². The van der Waals surface area contributed by atoms with Gasteiger partial charge in [0.1, 0.15) is 0 Å². The van der Waals surface area contributed by atoms with Crippen LogP contribution in [0.25, 0.3) is 27.5 Å². The highest BCUT2D eigenvalue weighted by molar-refractivity contribution is 7.52. The van der Waals surface area contributed by atoms with Crippen molar-refractivity contribution in [2.45, 2.75) is 6.42 Å². The molecule has 5 aromatic carbocycles. The third-order valence-electron chi connectivity index (χ3n) is 7.00. The number of anilines is 3. The van der Waals surface area contributed by atoms with Crippen molar-refractivity contribution in [3.05, 3.63) is 138 Å². The van der Waals surface area contributed by atoms with Gasteiger partial charge in [0.2, 0.25) is 0 Å². The maximum Gasteiger partial charge on any atom is 0.0546 e. The molecule has 0 spiro atoms. The molecule has 1 atom stereocenters. The maximum atomic E-state index is 2.42. The second-order valence-corrected chi connectivity index (χ2v) is 10.5. The van der Waals surface area contributed by atoms with Gasteiger partial charge in [0.25, 0.3) is 0 Å². The summed E-state index contributed by atoms with van der Waals surface area (Å²) in [6.45, 7) is 0. The highest BCUT2D eigenvalue weighted by Gasteiger charge is 2.25. The highest BCUT2D eigenvalue weighted by atomic mass is 31.1. The van der Waals surface area contributed by atoms with E-state index in [0.717, 1.165) is 6.42 Å². The fraction of sp³-hybridized carbons (Fsp3) is 0.0303. The molecule has 0 bridgehead atoms. The molecular weight excluding hydrogens is 441 g/mol. The molecule has 0 N–H and O–H groups in total. The molecule has 1 unspecified atom stereocenters. The highest BCUT2D eigenvalue weighted by Crippen LogP contribution is 2.50. The summed E-state index contributed by atoms with van der Waals surface area (Å²) in [6.07, 6.45) is 5.62. The van der Waals surface area contributed by atoms with E-state index in [0.29, 0.717) is 8.58 Å². The molecule has 0 fully saturated rings. The van der Waals surface area contributed by atoms with Gasteiger partial charge in [-0.15, -0.1) is 0 Å². The van der Waals surface area contributed by atoms with Gasteiger partial charge in [0.05, 0.1) is 11.4 Å². The van der Waals surface area contributed by atoms with Gasteiger partial charge < -0.3 is 4.90 Å². The van der Waals surface area contributed by atoms with E-state index < -0.39 is 0 Å². The lowest BCUT2D eigenvalue weighted by Crippen LogP contribution is -2.15. The van der Waals surface area contributed by atoms with Crippen molar-refractivity contribution in [3.8, 4) is 11.1 Å². The average molecular weight is 466 g/mol. The van der Waals surface area contributed by atoms with Gasteiger partial charge >= 0.3 is 0 Å². The molecule has 5 aromatic rings. The van der Waals surface area contributed by atoms with Crippen LogP contribution in [0.2, 0.25) is 0 Å². The van der Waals surface area contributed by atoms with Gasteiger partial charge in [0.15, 0.2) is 0 Å². The zero-order valence-electron chi connectivity index (χ0n) is 19.3. The summed E-state index contributed by atoms with van der Waals surface area (Å²) >= 11 is 0. The Hall–Kier alpha value is -3.93. The first kappa shape index (κ1) is 20.4. The van der Waals surface area contributed by atoms with E-state index >= 15 is 0 Å². The Bertz CT molecular complexity index is 1620. The molecular formula is C33H24NP. The summed E-state index contributed by atoms with van der Waals surface area (Å²) in [5.74, 6) is 0. The van der Waals surface area contributed by atoms with Gasteiger partial charge in [0, 0.05) is 16.6 Å². The van der Waals surface area contributed by atoms with Crippen molar-refractivity contribution in [3.63, 3.8) is 0 Å². The van der Waals surface area contributed by atoms with Crippen LogP contribution in [0.15, 0.2) is 133 Å². The fourth-order valence-corrected chi connectivity index (χ4v) is 6.68. The molecule has 1 aliphatic carbocycles. The second kappa shape index (κ2) is 8.38. The van der Waals surface area contributed by atoms with Gasteiger partial charge in [-0.25, -0.2) is 0 Å². The summed E-state index contributed by atoms with van der Waals surface area (Å²) in [6, 6.07) is 42.0. The Labute approximate surface area is 207 Å². The number of fused-ring (bicyclic) bond motifs is 2. The van der Waals surface area contributed by atoms with Gasteiger partial charge in [-0.2, -0.15) is 0 Å². The van der Waals surface area contributed by atoms with E-state index in [2.05, 4.69) is 132 Å². The van der Waals surface area contributed by atoms with Crippen LogP contribution >= 0.6 is 8.58 Å². The van der Waals surface area contributed by atoms with Gasteiger partial charge in [-0.05, 0) is 63.4 Å². The molecule has 1 aliphatic heterocycles. The van der Waals surface area contributed by atoms with Crippen LogP contribution in [0.1, 0.15) is 12.0 Å². The molecule has 0 radical (unpaired) electrons. The van der Waals surface area contributed by atoms with Crippen molar-refractivity contribution in [1.82, 2.24) is 0 Å². The van der Waals surface area contributed by atoms with Gasteiger partial charge in [-0.1, -0.05) is 112 Å². The normalized spacial score (nSPS) is 14.3. The van der Waals surface area contributed by atoms with Crippen molar-refractivity contribution < 1.29 is 0 Å². The van der Waals surface area contributed by atoms with Crippen LogP contribution < -0.4 is 10.2 Å². The lowest BCUT2D eigenvalue weighted by molar-refractivity contribution is 1.29. The minimum atomic E-state index is 0.679. The molecule has 7 rings (SSSR count). The third kappa shape index (κ3) is 3.43. The van der Waals surface area contributed by atoms with Crippen molar-refractivity contribution in [1.29, 1.82) is 0 Å². The summed E-state index contributed by atoms with van der Waals surface area (Å²) in [5, 5.41) is 5.51. The lowest BCUT2D eigenvalue weighted by Gasteiger charge is -2.33. The second-order valence-electron chi connectivity index (χ2n) is 9.07. The van der Waals surface area contributed by atoms with Crippen molar-refractivity contribution in [2.24, 2.45) is 0 Å². The minimum absolute atomic E-state index is 0.679. The Kier molecular flexibility index (Phi) is 4.89. The smallest absolute Gasteiger partial charge is 0.0546 e. The third-order valence-corrected chi connectivity index (χ3v) is 8.39. The zero-order valence-corrected chi connectivity index (χ0v) is 20.3. The van der Waals surface area contributed by atoms with E-state index in [4.69, 9.17) is 0 Å². The van der Waals surface area contributed by atoms with E-state index in [1.807, 2.05) is 0 Å². The fourth-order valence-electron chi connectivity index (χ4n) is 5.42. The Morgan fingerprint density at radius 2 is 1.31 bits per heavy atom. The summed E-state index contributed by atoms with van der Waals surface area (Å²) in [5.41, 5.74) is 9.01. The van der Waals surface area contributed by atoms with E-state index in [1.54, 1.807) is 0 Å².